The van der Waals surface area contributed by atoms with E-state index in [2.05, 4.69) is 5.32 Å². The number of aliphatic carboxylic acids is 1. The van der Waals surface area contributed by atoms with Crippen LogP contribution in [0.2, 0.25) is 0 Å². The molecule has 0 aromatic carbocycles. The van der Waals surface area contributed by atoms with Crippen LogP contribution in [0.1, 0.15) is 19.8 Å². The number of carboxylic acid groups (broad SMARTS) is 1. The Morgan fingerprint density at radius 1 is 1.42 bits per heavy atom. The highest BCUT2D eigenvalue weighted by molar-refractivity contribution is 5.86. The highest BCUT2D eigenvalue weighted by Gasteiger charge is 2.31. The number of carboxylic acids is 1. The van der Waals surface area contributed by atoms with Crippen LogP contribution in [0.4, 0.5) is 4.79 Å². The third kappa shape index (κ3) is 4.09. The number of likely N-dealkylation sites (tertiary alicyclic amines) is 1. The summed E-state index contributed by atoms with van der Waals surface area (Å²) in [5.41, 5.74) is 5.15. The van der Waals surface area contributed by atoms with Crippen molar-refractivity contribution < 1.29 is 24.6 Å². The number of nitrogens with one attached hydrogen (secondary N) is 1. The molecule has 0 bridgehead atoms. The lowest BCUT2D eigenvalue weighted by molar-refractivity contribution is -0.145. The number of piperidine rings is 1. The minimum absolute atomic E-state index is 0.174. The van der Waals surface area contributed by atoms with Crippen molar-refractivity contribution in [2.75, 3.05) is 13.1 Å². The molecule has 0 aromatic heterocycles. The number of hydrogen-bond donors (Lipinski definition) is 4. The molecule has 3 atom stereocenters. The van der Waals surface area contributed by atoms with Gasteiger partial charge in [-0.1, -0.05) is 0 Å². The first-order chi connectivity index (χ1) is 8.82. The molecular weight excluding hydrogens is 254 g/mol. The molecule has 1 aliphatic heterocycles. The number of carbonyl (C=O) groups is 3. The standard InChI is InChI=1S/C11H19N3O5/c1-6(15)8(10(17)18)13-9(16)7-3-2-4-14(5-7)11(12)19/h6-8,15H,2-5H2,1H3,(H2,12,19)(H,13,16)(H,17,18). The monoisotopic (exact) mass is 273 g/mol. The maximum absolute atomic E-state index is 11.9. The minimum Gasteiger partial charge on any atom is -0.480 e. The van der Waals surface area contributed by atoms with E-state index in [-0.39, 0.29) is 6.54 Å². The van der Waals surface area contributed by atoms with Crippen LogP contribution in [0.3, 0.4) is 0 Å². The molecule has 0 spiro atoms. The molecule has 0 aliphatic carbocycles. The number of urea groups is 1. The van der Waals surface area contributed by atoms with Crippen LogP contribution in [-0.2, 0) is 9.59 Å². The number of carbonyl (C=O) groups excluding carboxylic acids is 2. The van der Waals surface area contributed by atoms with Gasteiger partial charge in [0.05, 0.1) is 12.0 Å². The van der Waals surface area contributed by atoms with Crippen LogP contribution < -0.4 is 11.1 Å². The summed E-state index contributed by atoms with van der Waals surface area (Å²) in [7, 11) is 0. The zero-order chi connectivity index (χ0) is 14.6. The molecule has 0 radical (unpaired) electrons. The Labute approximate surface area is 110 Å². The molecule has 19 heavy (non-hydrogen) atoms. The molecule has 0 saturated carbocycles. The lowest BCUT2D eigenvalue weighted by Crippen LogP contribution is -2.53. The second kappa shape index (κ2) is 6.37. The minimum atomic E-state index is -1.35. The molecule has 1 saturated heterocycles. The number of aliphatic hydroxyl groups is 1. The summed E-state index contributed by atoms with van der Waals surface area (Å²) in [4.78, 5) is 35.2. The van der Waals surface area contributed by atoms with E-state index in [1.54, 1.807) is 0 Å². The van der Waals surface area contributed by atoms with Gasteiger partial charge in [0, 0.05) is 13.1 Å². The number of amides is 3. The number of nitrogens with zero attached hydrogens (tertiary/aromatic N) is 1. The zero-order valence-corrected chi connectivity index (χ0v) is 10.7. The van der Waals surface area contributed by atoms with E-state index >= 15 is 0 Å². The Morgan fingerprint density at radius 2 is 2.05 bits per heavy atom. The van der Waals surface area contributed by atoms with Gasteiger partial charge in [0.2, 0.25) is 5.91 Å². The van der Waals surface area contributed by atoms with Crippen molar-refractivity contribution in [1.82, 2.24) is 10.2 Å². The number of rotatable bonds is 4. The largest absolute Gasteiger partial charge is 0.480 e. The van der Waals surface area contributed by atoms with E-state index < -0.39 is 36.0 Å². The predicted molar refractivity (Wildman–Crippen MR) is 65.1 cm³/mol. The van der Waals surface area contributed by atoms with Crippen molar-refractivity contribution in [2.45, 2.75) is 31.9 Å². The smallest absolute Gasteiger partial charge is 0.328 e. The van der Waals surface area contributed by atoms with Gasteiger partial charge in [-0.15, -0.1) is 0 Å². The number of primary amides is 1. The van der Waals surface area contributed by atoms with E-state index in [0.717, 1.165) is 0 Å². The van der Waals surface area contributed by atoms with E-state index in [0.29, 0.717) is 19.4 Å². The molecule has 1 rings (SSSR count). The first-order valence-corrected chi connectivity index (χ1v) is 6.08. The number of nitrogens with two attached hydrogens (primary N) is 1. The fourth-order valence-corrected chi connectivity index (χ4v) is 2.05. The van der Waals surface area contributed by atoms with E-state index in [4.69, 9.17) is 10.8 Å². The van der Waals surface area contributed by atoms with Crippen LogP contribution >= 0.6 is 0 Å². The quantitative estimate of drug-likeness (QED) is 0.506. The van der Waals surface area contributed by atoms with Crippen LogP contribution in [0.25, 0.3) is 0 Å². The first kappa shape index (κ1) is 15.2. The van der Waals surface area contributed by atoms with Crippen molar-refractivity contribution in [3.8, 4) is 0 Å². The van der Waals surface area contributed by atoms with Crippen LogP contribution in [0.15, 0.2) is 0 Å². The van der Waals surface area contributed by atoms with E-state index in [9.17, 15) is 19.5 Å². The number of hydrogen-bond acceptors (Lipinski definition) is 4. The summed E-state index contributed by atoms with van der Waals surface area (Å²) in [5.74, 6) is -2.29. The lowest BCUT2D eigenvalue weighted by atomic mass is 9.96. The molecule has 5 N–H and O–H groups in total. The van der Waals surface area contributed by atoms with Crippen LogP contribution in [-0.4, -0.2) is 58.3 Å². The topological polar surface area (TPSA) is 133 Å². The maximum atomic E-state index is 11.9. The van der Waals surface area contributed by atoms with Crippen molar-refractivity contribution in [1.29, 1.82) is 0 Å². The Morgan fingerprint density at radius 3 is 2.53 bits per heavy atom. The van der Waals surface area contributed by atoms with Gasteiger partial charge in [-0.3, -0.25) is 4.79 Å². The normalized spacial score (nSPS) is 22.4. The molecule has 3 unspecified atom stereocenters. The van der Waals surface area contributed by atoms with Gasteiger partial charge in [-0.25, -0.2) is 9.59 Å². The first-order valence-electron chi connectivity index (χ1n) is 6.08. The highest BCUT2D eigenvalue weighted by atomic mass is 16.4. The van der Waals surface area contributed by atoms with Crippen LogP contribution in [0, 0.1) is 5.92 Å². The molecule has 3 amide bonds. The van der Waals surface area contributed by atoms with Gasteiger partial charge in [0.15, 0.2) is 6.04 Å². The van der Waals surface area contributed by atoms with Crippen molar-refractivity contribution in [3.63, 3.8) is 0 Å². The summed E-state index contributed by atoms with van der Waals surface area (Å²) in [6, 6.07) is -1.95. The van der Waals surface area contributed by atoms with Gasteiger partial charge in [-0.2, -0.15) is 0 Å². The second-order valence-electron chi connectivity index (χ2n) is 4.69. The predicted octanol–water partition coefficient (Wildman–Crippen LogP) is -1.27. The van der Waals surface area contributed by atoms with Crippen molar-refractivity contribution in [2.24, 2.45) is 11.7 Å². The average Bonchev–Trinajstić information content (AvgIpc) is 2.34. The molecule has 108 valence electrons. The van der Waals surface area contributed by atoms with Crippen molar-refractivity contribution >= 4 is 17.9 Å². The lowest BCUT2D eigenvalue weighted by Gasteiger charge is -2.31. The third-order valence-corrected chi connectivity index (χ3v) is 3.15. The molecular formula is C11H19N3O5. The fourth-order valence-electron chi connectivity index (χ4n) is 2.05. The molecule has 1 aliphatic rings. The van der Waals surface area contributed by atoms with Gasteiger partial charge in [0.25, 0.3) is 0 Å². The summed E-state index contributed by atoms with van der Waals surface area (Å²) in [5, 5.41) is 20.4. The maximum Gasteiger partial charge on any atom is 0.328 e. The molecule has 8 nitrogen and oxygen atoms in total. The zero-order valence-electron chi connectivity index (χ0n) is 10.7. The Bertz CT molecular complexity index is 371. The molecule has 8 heteroatoms. The highest BCUT2D eigenvalue weighted by Crippen LogP contribution is 2.16. The summed E-state index contributed by atoms with van der Waals surface area (Å²) in [6.07, 6.45) is -0.00727. The molecule has 0 aromatic rings. The molecule has 1 heterocycles. The van der Waals surface area contributed by atoms with E-state index in [1.807, 2.05) is 0 Å². The third-order valence-electron chi connectivity index (χ3n) is 3.15. The second-order valence-corrected chi connectivity index (χ2v) is 4.69. The van der Waals surface area contributed by atoms with Crippen LogP contribution in [0.5, 0.6) is 0 Å². The Kier molecular flexibility index (Phi) is 5.11. The van der Waals surface area contributed by atoms with Gasteiger partial charge >= 0.3 is 12.0 Å². The van der Waals surface area contributed by atoms with Crippen molar-refractivity contribution in [3.05, 3.63) is 0 Å². The summed E-state index contributed by atoms with van der Waals surface area (Å²) in [6.45, 7) is 1.96. The van der Waals surface area contributed by atoms with Gasteiger partial charge in [0.1, 0.15) is 0 Å². The van der Waals surface area contributed by atoms with Gasteiger partial charge < -0.3 is 26.2 Å². The summed E-state index contributed by atoms with van der Waals surface area (Å²) < 4.78 is 0. The number of aliphatic hydroxyl groups excluding tert-OH is 1. The Balaban J connectivity index is 2.62. The summed E-state index contributed by atoms with van der Waals surface area (Å²) >= 11 is 0. The fraction of sp³-hybridized carbons (Fsp3) is 0.727. The Hall–Kier alpha value is -1.83. The SMILES string of the molecule is CC(O)C(NC(=O)C1CCCN(C(N)=O)C1)C(=O)O. The van der Waals surface area contributed by atoms with Gasteiger partial charge in [-0.05, 0) is 19.8 Å². The molecule has 1 fully saturated rings. The average molecular weight is 273 g/mol. The van der Waals surface area contributed by atoms with E-state index in [1.165, 1.54) is 11.8 Å².